The Labute approximate surface area is 179 Å². The third-order valence-electron chi connectivity index (χ3n) is 5.07. The standard InChI is InChI=1S/C22H23N5O2S/c28-20(17-6-10-23-11-7-17)26-22-25-19(15-30-22)21(29)24-18-8-12-27(13-9-18)14-16-4-2-1-3-5-16/h1-7,10-11,15,18H,8-9,12-14H2,(H,24,29)(H,25,26,28). The third kappa shape index (κ3) is 5.28. The SMILES string of the molecule is O=C(Nc1nc(C(=O)NC2CCN(Cc3ccccc3)CC2)cs1)c1ccncc1. The van der Waals surface area contributed by atoms with E-state index >= 15 is 0 Å². The average Bonchev–Trinajstić information content (AvgIpc) is 3.25. The van der Waals surface area contributed by atoms with Crippen LogP contribution in [0.1, 0.15) is 39.3 Å². The number of hydrogen-bond donors (Lipinski definition) is 2. The molecule has 1 saturated heterocycles. The molecule has 0 saturated carbocycles. The van der Waals surface area contributed by atoms with Crippen molar-refractivity contribution >= 4 is 28.3 Å². The fourth-order valence-electron chi connectivity index (χ4n) is 3.44. The minimum atomic E-state index is -0.274. The van der Waals surface area contributed by atoms with Crippen LogP contribution in [0.4, 0.5) is 5.13 Å². The van der Waals surface area contributed by atoms with Gasteiger partial charge < -0.3 is 5.32 Å². The molecule has 0 bridgehead atoms. The molecule has 1 fully saturated rings. The normalized spacial score (nSPS) is 14.9. The summed E-state index contributed by atoms with van der Waals surface area (Å²) in [4.78, 5) is 35.3. The maximum atomic E-state index is 12.6. The first-order chi connectivity index (χ1) is 14.7. The van der Waals surface area contributed by atoms with Crippen LogP contribution in [0.2, 0.25) is 0 Å². The Bertz CT molecular complexity index is 985. The first kappa shape index (κ1) is 20.2. The highest BCUT2D eigenvalue weighted by Gasteiger charge is 2.22. The summed E-state index contributed by atoms with van der Waals surface area (Å²) in [6.45, 7) is 2.84. The molecular formula is C22H23N5O2S. The zero-order chi connectivity index (χ0) is 20.8. The number of carbonyl (C=O) groups excluding carboxylic acids is 2. The van der Waals surface area contributed by atoms with Crippen molar-refractivity contribution in [2.45, 2.75) is 25.4 Å². The number of likely N-dealkylation sites (tertiary alicyclic amines) is 1. The van der Waals surface area contributed by atoms with Crippen LogP contribution in [0.15, 0.2) is 60.2 Å². The zero-order valence-corrected chi connectivity index (χ0v) is 17.3. The van der Waals surface area contributed by atoms with Crippen LogP contribution in [-0.4, -0.2) is 45.8 Å². The third-order valence-corrected chi connectivity index (χ3v) is 5.83. The molecule has 0 radical (unpaired) electrons. The molecule has 0 aliphatic carbocycles. The number of hydrogen-bond acceptors (Lipinski definition) is 6. The summed E-state index contributed by atoms with van der Waals surface area (Å²) in [6.07, 6.45) is 4.93. The van der Waals surface area contributed by atoms with E-state index in [1.165, 1.54) is 16.9 Å². The molecule has 1 aromatic carbocycles. The van der Waals surface area contributed by atoms with Gasteiger partial charge in [0.2, 0.25) is 0 Å². The molecule has 1 aliphatic rings. The second kappa shape index (κ2) is 9.60. The van der Waals surface area contributed by atoms with Crippen molar-refractivity contribution in [3.8, 4) is 0 Å². The molecule has 0 spiro atoms. The molecule has 3 heterocycles. The predicted molar refractivity (Wildman–Crippen MR) is 117 cm³/mol. The molecule has 3 aromatic rings. The Kier molecular flexibility index (Phi) is 6.46. The first-order valence-electron chi connectivity index (χ1n) is 9.91. The van der Waals surface area contributed by atoms with Crippen LogP contribution in [0, 0.1) is 0 Å². The fourth-order valence-corrected chi connectivity index (χ4v) is 4.13. The van der Waals surface area contributed by atoms with Crippen LogP contribution < -0.4 is 10.6 Å². The predicted octanol–water partition coefficient (Wildman–Crippen LogP) is 3.18. The number of piperidine rings is 1. The number of benzene rings is 1. The van der Waals surface area contributed by atoms with E-state index in [9.17, 15) is 9.59 Å². The van der Waals surface area contributed by atoms with E-state index in [0.717, 1.165) is 32.5 Å². The molecule has 0 unspecified atom stereocenters. The number of nitrogens with zero attached hydrogens (tertiary/aromatic N) is 3. The molecule has 7 nitrogen and oxygen atoms in total. The largest absolute Gasteiger partial charge is 0.348 e. The molecule has 154 valence electrons. The highest BCUT2D eigenvalue weighted by atomic mass is 32.1. The van der Waals surface area contributed by atoms with Gasteiger partial charge in [-0.2, -0.15) is 0 Å². The van der Waals surface area contributed by atoms with E-state index in [-0.39, 0.29) is 17.9 Å². The van der Waals surface area contributed by atoms with Crippen molar-refractivity contribution in [2.75, 3.05) is 18.4 Å². The lowest BCUT2D eigenvalue weighted by Gasteiger charge is -2.32. The maximum Gasteiger partial charge on any atom is 0.271 e. The van der Waals surface area contributed by atoms with Gasteiger partial charge >= 0.3 is 0 Å². The zero-order valence-electron chi connectivity index (χ0n) is 16.5. The Morgan fingerprint density at radius 2 is 1.77 bits per heavy atom. The smallest absolute Gasteiger partial charge is 0.271 e. The van der Waals surface area contributed by atoms with Gasteiger partial charge in [0.05, 0.1) is 0 Å². The fraction of sp³-hybridized carbons (Fsp3) is 0.273. The van der Waals surface area contributed by atoms with Gasteiger partial charge in [-0.3, -0.25) is 24.8 Å². The Balaban J connectivity index is 1.25. The highest BCUT2D eigenvalue weighted by molar-refractivity contribution is 7.14. The van der Waals surface area contributed by atoms with Crippen molar-refractivity contribution in [1.29, 1.82) is 0 Å². The van der Waals surface area contributed by atoms with Crippen molar-refractivity contribution in [1.82, 2.24) is 20.2 Å². The second-order valence-electron chi connectivity index (χ2n) is 7.24. The van der Waals surface area contributed by atoms with Gasteiger partial charge in [-0.1, -0.05) is 30.3 Å². The molecule has 1 aliphatic heterocycles. The van der Waals surface area contributed by atoms with Gasteiger partial charge in [-0.15, -0.1) is 11.3 Å². The second-order valence-corrected chi connectivity index (χ2v) is 8.10. The summed E-state index contributed by atoms with van der Waals surface area (Å²) in [7, 11) is 0. The Morgan fingerprint density at radius 3 is 2.50 bits per heavy atom. The van der Waals surface area contributed by atoms with Gasteiger partial charge in [0, 0.05) is 49.0 Å². The number of nitrogens with one attached hydrogen (secondary N) is 2. The first-order valence-corrected chi connectivity index (χ1v) is 10.8. The molecule has 4 rings (SSSR count). The number of rotatable bonds is 6. The van der Waals surface area contributed by atoms with Crippen molar-refractivity contribution in [3.05, 3.63) is 77.1 Å². The molecule has 2 amide bonds. The highest BCUT2D eigenvalue weighted by Crippen LogP contribution is 2.18. The summed E-state index contributed by atoms with van der Waals surface area (Å²) >= 11 is 1.24. The lowest BCUT2D eigenvalue weighted by Crippen LogP contribution is -2.44. The summed E-state index contributed by atoms with van der Waals surface area (Å²) in [5.41, 5.74) is 2.13. The van der Waals surface area contributed by atoms with E-state index in [2.05, 4.69) is 49.8 Å². The number of pyridine rings is 1. The topological polar surface area (TPSA) is 87.2 Å². The summed E-state index contributed by atoms with van der Waals surface area (Å²) in [6, 6.07) is 13.8. The number of amides is 2. The van der Waals surface area contributed by atoms with Gasteiger partial charge in [-0.05, 0) is 30.5 Å². The minimum absolute atomic E-state index is 0.140. The monoisotopic (exact) mass is 421 g/mol. The van der Waals surface area contributed by atoms with Gasteiger partial charge in [0.15, 0.2) is 5.13 Å². The van der Waals surface area contributed by atoms with Crippen LogP contribution in [-0.2, 0) is 6.54 Å². The van der Waals surface area contributed by atoms with Crippen molar-refractivity contribution < 1.29 is 9.59 Å². The van der Waals surface area contributed by atoms with E-state index in [1.807, 2.05) is 6.07 Å². The molecule has 0 atom stereocenters. The number of thiazole rings is 1. The van der Waals surface area contributed by atoms with E-state index in [4.69, 9.17) is 0 Å². The maximum absolute atomic E-state index is 12.6. The molecule has 2 aromatic heterocycles. The average molecular weight is 422 g/mol. The van der Waals surface area contributed by atoms with Crippen molar-refractivity contribution in [2.24, 2.45) is 0 Å². The van der Waals surface area contributed by atoms with Gasteiger partial charge in [0.1, 0.15) is 5.69 Å². The van der Waals surface area contributed by atoms with Crippen molar-refractivity contribution in [3.63, 3.8) is 0 Å². The minimum Gasteiger partial charge on any atom is -0.348 e. The lowest BCUT2D eigenvalue weighted by atomic mass is 10.0. The summed E-state index contributed by atoms with van der Waals surface area (Å²) in [5, 5.41) is 7.87. The van der Waals surface area contributed by atoms with Crippen LogP contribution in [0.5, 0.6) is 0 Å². The number of anilines is 1. The quantitative estimate of drug-likeness (QED) is 0.638. The van der Waals surface area contributed by atoms with E-state index in [1.54, 1.807) is 29.9 Å². The summed E-state index contributed by atoms with van der Waals surface area (Å²) < 4.78 is 0. The lowest BCUT2D eigenvalue weighted by molar-refractivity contribution is 0.0903. The molecule has 8 heteroatoms. The van der Waals surface area contributed by atoms with E-state index < -0.39 is 0 Å². The van der Waals surface area contributed by atoms with Crippen LogP contribution >= 0.6 is 11.3 Å². The van der Waals surface area contributed by atoms with E-state index in [0.29, 0.717) is 16.4 Å². The molecule has 30 heavy (non-hydrogen) atoms. The molecular weight excluding hydrogens is 398 g/mol. The number of aromatic nitrogens is 2. The Hall–Kier alpha value is -3.10. The van der Waals surface area contributed by atoms with Gasteiger partial charge in [0.25, 0.3) is 11.8 Å². The Morgan fingerprint density at radius 1 is 1.03 bits per heavy atom. The molecule has 2 N–H and O–H groups in total. The van der Waals surface area contributed by atoms with Gasteiger partial charge in [-0.25, -0.2) is 4.98 Å². The number of carbonyl (C=O) groups is 2. The van der Waals surface area contributed by atoms with Crippen LogP contribution in [0.25, 0.3) is 0 Å². The van der Waals surface area contributed by atoms with Crippen LogP contribution in [0.3, 0.4) is 0 Å². The summed E-state index contributed by atoms with van der Waals surface area (Å²) in [5.74, 6) is -0.471.